The second kappa shape index (κ2) is 5.74. The van der Waals surface area contributed by atoms with Crippen molar-refractivity contribution in [2.45, 2.75) is 0 Å². The zero-order valence-corrected chi connectivity index (χ0v) is 11.4. The van der Waals surface area contributed by atoms with Crippen LogP contribution in [0.25, 0.3) is 0 Å². The van der Waals surface area contributed by atoms with Crippen LogP contribution < -0.4 is 5.32 Å². The van der Waals surface area contributed by atoms with E-state index in [1.807, 2.05) is 0 Å². The number of hydrogen-bond donors (Lipinski definition) is 1. The number of amides is 1. The van der Waals surface area contributed by atoms with Crippen LogP contribution in [0.5, 0.6) is 0 Å². The minimum Gasteiger partial charge on any atom is -0.305 e. The van der Waals surface area contributed by atoms with Gasteiger partial charge in [0.2, 0.25) is 0 Å². The summed E-state index contributed by atoms with van der Waals surface area (Å²) >= 11 is 3.19. The van der Waals surface area contributed by atoms with Crippen molar-refractivity contribution in [3.05, 3.63) is 62.5 Å². The highest BCUT2D eigenvalue weighted by Gasteiger charge is 2.21. The third kappa shape index (κ3) is 2.97. The Morgan fingerprint density at radius 1 is 1.40 bits per heavy atom. The molecule has 0 spiro atoms. The van der Waals surface area contributed by atoms with E-state index in [0.29, 0.717) is 10.5 Å². The van der Waals surface area contributed by atoms with Gasteiger partial charge >= 0.3 is 0 Å². The quantitative estimate of drug-likeness (QED) is 0.687. The molecule has 1 aromatic carbocycles. The van der Waals surface area contributed by atoms with Gasteiger partial charge in [-0.25, -0.2) is 9.37 Å². The molecule has 0 aliphatic rings. The van der Waals surface area contributed by atoms with Crippen LogP contribution in [0.15, 0.2) is 41.0 Å². The molecule has 2 rings (SSSR count). The largest absolute Gasteiger partial charge is 0.305 e. The minimum atomic E-state index is -0.814. The van der Waals surface area contributed by atoms with Gasteiger partial charge in [0, 0.05) is 6.20 Å². The van der Waals surface area contributed by atoms with Crippen LogP contribution in [0.3, 0.4) is 0 Å². The molecule has 8 heteroatoms. The second-order valence-corrected chi connectivity index (χ2v) is 4.56. The van der Waals surface area contributed by atoms with Gasteiger partial charge in [-0.1, -0.05) is 0 Å². The highest BCUT2D eigenvalue weighted by atomic mass is 79.9. The van der Waals surface area contributed by atoms with Crippen LogP contribution in [-0.4, -0.2) is 15.8 Å². The van der Waals surface area contributed by atoms with Gasteiger partial charge in [0.15, 0.2) is 0 Å². The van der Waals surface area contributed by atoms with Crippen molar-refractivity contribution in [1.82, 2.24) is 4.98 Å². The van der Waals surface area contributed by atoms with E-state index in [1.165, 1.54) is 6.20 Å². The van der Waals surface area contributed by atoms with Crippen molar-refractivity contribution in [1.29, 1.82) is 0 Å². The van der Waals surface area contributed by atoms with E-state index in [9.17, 15) is 19.3 Å². The number of hydrogen-bond acceptors (Lipinski definition) is 4. The monoisotopic (exact) mass is 339 g/mol. The molecule has 0 unspecified atom stereocenters. The smallest absolute Gasteiger partial charge is 0.285 e. The SMILES string of the molecule is O=C(Nc1ncccc1Br)c1ccc(F)cc1[N+](=O)[O-]. The van der Waals surface area contributed by atoms with Gasteiger partial charge in [0.05, 0.1) is 15.5 Å². The van der Waals surface area contributed by atoms with E-state index >= 15 is 0 Å². The van der Waals surface area contributed by atoms with Gasteiger partial charge in [-0.2, -0.15) is 0 Å². The van der Waals surface area contributed by atoms with E-state index in [2.05, 4.69) is 26.2 Å². The standard InChI is InChI=1S/C12H7BrFN3O3/c13-9-2-1-5-15-11(9)16-12(18)8-4-3-7(14)6-10(8)17(19)20/h1-6H,(H,15,16,18). The number of nitro benzene ring substituents is 1. The average molecular weight is 340 g/mol. The maximum Gasteiger partial charge on any atom is 0.285 e. The van der Waals surface area contributed by atoms with Crippen LogP contribution in [0.2, 0.25) is 0 Å². The number of carbonyl (C=O) groups excluding carboxylic acids is 1. The van der Waals surface area contributed by atoms with Gasteiger partial charge in [0.1, 0.15) is 17.2 Å². The zero-order valence-electron chi connectivity index (χ0n) is 9.84. The van der Waals surface area contributed by atoms with Crippen molar-refractivity contribution in [2.24, 2.45) is 0 Å². The molecule has 1 aromatic heterocycles. The lowest BCUT2D eigenvalue weighted by molar-refractivity contribution is -0.385. The van der Waals surface area contributed by atoms with Gasteiger partial charge < -0.3 is 5.32 Å². The highest BCUT2D eigenvalue weighted by molar-refractivity contribution is 9.10. The van der Waals surface area contributed by atoms with E-state index in [1.54, 1.807) is 12.1 Å². The molecule has 1 heterocycles. The Hall–Kier alpha value is -2.35. The normalized spacial score (nSPS) is 10.1. The fourth-order valence-electron chi connectivity index (χ4n) is 1.50. The number of pyridine rings is 1. The summed E-state index contributed by atoms with van der Waals surface area (Å²) in [4.78, 5) is 25.9. The lowest BCUT2D eigenvalue weighted by Gasteiger charge is -2.06. The van der Waals surface area contributed by atoms with Crippen molar-refractivity contribution < 1.29 is 14.1 Å². The maximum absolute atomic E-state index is 13.0. The second-order valence-electron chi connectivity index (χ2n) is 3.71. The molecule has 0 saturated carbocycles. The van der Waals surface area contributed by atoms with Crippen LogP contribution in [0, 0.1) is 15.9 Å². The Kier molecular flexibility index (Phi) is 4.04. The molecule has 6 nitrogen and oxygen atoms in total. The number of nitrogens with zero attached hydrogens (tertiary/aromatic N) is 2. The first-order valence-electron chi connectivity index (χ1n) is 5.35. The number of nitro groups is 1. The van der Waals surface area contributed by atoms with Crippen LogP contribution >= 0.6 is 15.9 Å². The molecule has 0 atom stereocenters. The van der Waals surface area contributed by atoms with Crippen molar-refractivity contribution in [2.75, 3.05) is 5.32 Å². The zero-order chi connectivity index (χ0) is 14.7. The third-order valence-corrected chi connectivity index (χ3v) is 3.03. The summed E-state index contributed by atoms with van der Waals surface area (Å²) in [5.41, 5.74) is -0.844. The molecule has 0 radical (unpaired) electrons. The van der Waals surface area contributed by atoms with Crippen LogP contribution in [0.1, 0.15) is 10.4 Å². The molecule has 0 aliphatic heterocycles. The lowest BCUT2D eigenvalue weighted by Crippen LogP contribution is -2.15. The topological polar surface area (TPSA) is 85.1 Å². The summed E-state index contributed by atoms with van der Waals surface area (Å²) < 4.78 is 13.5. The fraction of sp³-hybridized carbons (Fsp3) is 0. The summed E-state index contributed by atoms with van der Waals surface area (Å²) in [6.45, 7) is 0. The molecule has 102 valence electrons. The molecular formula is C12H7BrFN3O3. The summed E-state index contributed by atoms with van der Waals surface area (Å²) in [5, 5.41) is 13.2. The Bertz CT molecular complexity index is 693. The number of rotatable bonds is 3. The Morgan fingerprint density at radius 2 is 2.15 bits per heavy atom. The lowest BCUT2D eigenvalue weighted by atomic mass is 10.1. The average Bonchev–Trinajstić information content (AvgIpc) is 2.41. The van der Waals surface area contributed by atoms with Crippen molar-refractivity contribution >= 4 is 33.3 Å². The molecular weight excluding hydrogens is 333 g/mol. The Morgan fingerprint density at radius 3 is 2.80 bits per heavy atom. The fourth-order valence-corrected chi connectivity index (χ4v) is 1.85. The molecule has 1 N–H and O–H groups in total. The first kappa shape index (κ1) is 14.1. The van der Waals surface area contributed by atoms with Gasteiger partial charge in [-0.05, 0) is 40.2 Å². The number of carbonyl (C=O) groups is 1. The molecule has 2 aromatic rings. The Balaban J connectivity index is 2.35. The van der Waals surface area contributed by atoms with E-state index in [4.69, 9.17) is 0 Å². The van der Waals surface area contributed by atoms with Crippen molar-refractivity contribution in [3.63, 3.8) is 0 Å². The molecule has 0 aliphatic carbocycles. The summed E-state index contributed by atoms with van der Waals surface area (Å²) in [5.74, 6) is -1.31. The number of anilines is 1. The van der Waals surface area contributed by atoms with E-state index < -0.39 is 22.3 Å². The summed E-state index contributed by atoms with van der Waals surface area (Å²) in [7, 11) is 0. The molecule has 1 amide bonds. The molecule has 0 fully saturated rings. The van der Waals surface area contributed by atoms with Gasteiger partial charge in [0.25, 0.3) is 11.6 Å². The number of nitrogens with one attached hydrogen (secondary N) is 1. The summed E-state index contributed by atoms with van der Waals surface area (Å²) in [6.07, 6.45) is 1.46. The third-order valence-electron chi connectivity index (χ3n) is 2.39. The first-order valence-corrected chi connectivity index (χ1v) is 6.14. The van der Waals surface area contributed by atoms with Crippen LogP contribution in [-0.2, 0) is 0 Å². The predicted molar refractivity (Wildman–Crippen MR) is 72.9 cm³/mol. The predicted octanol–water partition coefficient (Wildman–Crippen LogP) is 3.14. The summed E-state index contributed by atoms with van der Waals surface area (Å²) in [6, 6.07) is 6.04. The first-order chi connectivity index (χ1) is 9.49. The Labute approximate surface area is 120 Å². The van der Waals surface area contributed by atoms with Crippen LogP contribution in [0.4, 0.5) is 15.9 Å². The molecule has 0 saturated heterocycles. The van der Waals surface area contributed by atoms with E-state index in [-0.39, 0.29) is 11.4 Å². The number of benzene rings is 1. The number of halogens is 2. The maximum atomic E-state index is 13.0. The minimum absolute atomic E-state index is 0.219. The number of aromatic nitrogens is 1. The van der Waals surface area contributed by atoms with Gasteiger partial charge in [-0.15, -0.1) is 0 Å². The molecule has 0 bridgehead atoms. The molecule has 20 heavy (non-hydrogen) atoms. The van der Waals surface area contributed by atoms with E-state index in [0.717, 1.165) is 12.1 Å². The van der Waals surface area contributed by atoms with Crippen molar-refractivity contribution in [3.8, 4) is 0 Å². The highest BCUT2D eigenvalue weighted by Crippen LogP contribution is 2.23. The van der Waals surface area contributed by atoms with Gasteiger partial charge in [-0.3, -0.25) is 14.9 Å².